The highest BCUT2D eigenvalue weighted by atomic mass is 16.4. The minimum absolute atomic E-state index is 0.0601. The molecule has 0 amide bonds. The van der Waals surface area contributed by atoms with Crippen molar-refractivity contribution in [2.45, 2.75) is 83.3 Å². The fourth-order valence-electron chi connectivity index (χ4n) is 4.39. The first kappa shape index (κ1) is 25.1. The van der Waals surface area contributed by atoms with Gasteiger partial charge in [0.05, 0.1) is 12.2 Å². The molecule has 1 aliphatic carbocycles. The number of Topliss-reactive ketones (excluding diaryl/α,β-unsaturated/α-hetero) is 1. The maximum Gasteiger partial charge on any atom is 0.303 e. The number of aliphatic carboxylic acids is 1. The number of rotatable bonds is 13. The highest BCUT2D eigenvalue weighted by molar-refractivity contribution is 5.84. The second-order valence-electron chi connectivity index (χ2n) is 8.64. The van der Waals surface area contributed by atoms with Crippen molar-refractivity contribution in [3.8, 4) is 5.75 Å². The second kappa shape index (κ2) is 12.6. The fourth-order valence-corrected chi connectivity index (χ4v) is 4.39. The van der Waals surface area contributed by atoms with Gasteiger partial charge in [0, 0.05) is 31.1 Å². The Morgan fingerprint density at radius 2 is 1.97 bits per heavy atom. The topological polar surface area (TPSA) is 115 Å². The van der Waals surface area contributed by atoms with Gasteiger partial charge in [-0.25, -0.2) is 0 Å². The summed E-state index contributed by atoms with van der Waals surface area (Å²) in [6.07, 6.45) is 8.23. The summed E-state index contributed by atoms with van der Waals surface area (Å²) >= 11 is 0. The van der Waals surface area contributed by atoms with Gasteiger partial charge in [0.25, 0.3) is 0 Å². The van der Waals surface area contributed by atoms with E-state index in [1.807, 2.05) is 13.0 Å². The molecular formula is C25H36O6. The fraction of sp³-hybridized carbons (Fsp3) is 0.600. The maximum absolute atomic E-state index is 12.3. The Kier molecular flexibility index (Phi) is 10.2. The minimum atomic E-state index is -0.785. The molecule has 1 aliphatic rings. The Balaban J connectivity index is 1.88. The lowest BCUT2D eigenvalue weighted by atomic mass is 9.88. The Hall–Kier alpha value is -2.18. The minimum Gasteiger partial charge on any atom is -0.508 e. The van der Waals surface area contributed by atoms with Crippen molar-refractivity contribution in [1.29, 1.82) is 0 Å². The zero-order chi connectivity index (χ0) is 22.8. The van der Waals surface area contributed by atoms with E-state index in [9.17, 15) is 24.9 Å². The largest absolute Gasteiger partial charge is 0.508 e. The number of ketones is 1. The lowest BCUT2D eigenvalue weighted by Crippen LogP contribution is -2.19. The third kappa shape index (κ3) is 8.11. The van der Waals surface area contributed by atoms with Crippen molar-refractivity contribution in [2.75, 3.05) is 0 Å². The summed E-state index contributed by atoms with van der Waals surface area (Å²) < 4.78 is 0. The molecule has 4 N–H and O–H groups in total. The summed E-state index contributed by atoms with van der Waals surface area (Å²) in [7, 11) is 0. The summed E-state index contributed by atoms with van der Waals surface area (Å²) in [5, 5.41) is 39.3. The third-order valence-corrected chi connectivity index (χ3v) is 6.05. The molecule has 172 valence electrons. The van der Waals surface area contributed by atoms with E-state index in [0.29, 0.717) is 19.3 Å². The zero-order valence-electron chi connectivity index (χ0n) is 18.4. The molecule has 6 nitrogen and oxygen atoms in total. The smallest absolute Gasteiger partial charge is 0.303 e. The summed E-state index contributed by atoms with van der Waals surface area (Å²) in [6, 6.07) is 5.37. The summed E-state index contributed by atoms with van der Waals surface area (Å²) in [6.45, 7) is 2.05. The van der Waals surface area contributed by atoms with E-state index in [1.54, 1.807) is 24.3 Å². The van der Waals surface area contributed by atoms with Crippen LogP contribution in [0.2, 0.25) is 0 Å². The van der Waals surface area contributed by atoms with Crippen molar-refractivity contribution in [2.24, 2.45) is 11.8 Å². The maximum atomic E-state index is 12.3. The van der Waals surface area contributed by atoms with Crippen LogP contribution in [0.3, 0.4) is 0 Å². The van der Waals surface area contributed by atoms with Crippen molar-refractivity contribution < 1.29 is 30.0 Å². The highest BCUT2D eigenvalue weighted by Gasteiger charge is 2.39. The number of carbonyl (C=O) groups is 2. The Morgan fingerprint density at radius 1 is 1.23 bits per heavy atom. The van der Waals surface area contributed by atoms with E-state index < -0.39 is 18.2 Å². The van der Waals surface area contributed by atoms with Crippen LogP contribution in [-0.2, 0) is 22.4 Å². The van der Waals surface area contributed by atoms with Gasteiger partial charge in [-0.3, -0.25) is 9.59 Å². The number of phenolic OH excluding ortho intramolecular Hbond substituents is 1. The normalized spacial score (nSPS) is 22.3. The molecule has 31 heavy (non-hydrogen) atoms. The number of phenols is 1. The van der Waals surface area contributed by atoms with Crippen LogP contribution in [0.5, 0.6) is 5.75 Å². The first-order chi connectivity index (χ1) is 14.8. The molecular weight excluding hydrogens is 396 g/mol. The molecule has 0 aromatic heterocycles. The van der Waals surface area contributed by atoms with Gasteiger partial charge in [-0.2, -0.15) is 0 Å². The Bertz CT molecular complexity index is 756. The van der Waals surface area contributed by atoms with Gasteiger partial charge < -0.3 is 20.4 Å². The van der Waals surface area contributed by atoms with E-state index in [-0.39, 0.29) is 36.2 Å². The van der Waals surface area contributed by atoms with Gasteiger partial charge in [-0.05, 0) is 36.5 Å². The van der Waals surface area contributed by atoms with E-state index in [4.69, 9.17) is 5.11 Å². The molecule has 0 bridgehead atoms. The molecule has 4 atom stereocenters. The zero-order valence-corrected chi connectivity index (χ0v) is 18.4. The van der Waals surface area contributed by atoms with Crippen molar-refractivity contribution in [3.05, 3.63) is 41.5 Å². The molecule has 0 saturated heterocycles. The molecule has 0 spiro atoms. The predicted octanol–water partition coefficient (Wildman–Crippen LogP) is 3.80. The molecule has 0 aliphatic heterocycles. The van der Waals surface area contributed by atoms with Gasteiger partial charge in [0.1, 0.15) is 11.5 Å². The van der Waals surface area contributed by atoms with Crippen LogP contribution in [-0.4, -0.2) is 44.4 Å². The Morgan fingerprint density at radius 3 is 2.68 bits per heavy atom. The summed E-state index contributed by atoms with van der Waals surface area (Å²) in [5.74, 6) is -0.995. The second-order valence-corrected chi connectivity index (χ2v) is 8.64. The Labute approximate surface area is 184 Å². The molecule has 1 fully saturated rings. The number of unbranched alkanes of at least 4 members (excludes halogenated alkanes) is 3. The van der Waals surface area contributed by atoms with Crippen molar-refractivity contribution >= 4 is 11.8 Å². The standard InChI is InChI=1S/C25H36O6/c1-2-7-18-14-17(10-13-22(18)27)15-19(26)11-12-21-20(23(28)16-24(21)29)8-5-3-4-6-9-25(30)31/h10-14,19-21,24,26-27,29H,2-9,15-16H2,1H3,(H,30,31)/b12-11+/t19-,20+,21+,24+/m0/s1. The van der Waals surface area contributed by atoms with E-state index in [1.165, 1.54) is 0 Å². The predicted molar refractivity (Wildman–Crippen MR) is 119 cm³/mol. The third-order valence-electron chi connectivity index (χ3n) is 6.05. The summed E-state index contributed by atoms with van der Waals surface area (Å²) in [5.41, 5.74) is 1.80. The number of carboxylic acid groups (broad SMARTS) is 1. The molecule has 6 heteroatoms. The number of benzene rings is 1. The van der Waals surface area contributed by atoms with Crippen LogP contribution in [0.15, 0.2) is 30.4 Å². The number of aryl methyl sites for hydroxylation is 1. The number of hydrogen-bond acceptors (Lipinski definition) is 5. The molecule has 0 heterocycles. The first-order valence-electron chi connectivity index (χ1n) is 11.4. The average molecular weight is 433 g/mol. The quantitative estimate of drug-likeness (QED) is 0.278. The van der Waals surface area contributed by atoms with Gasteiger partial charge in [0.2, 0.25) is 0 Å². The number of hydrogen-bond donors (Lipinski definition) is 4. The van der Waals surface area contributed by atoms with Gasteiger partial charge in [-0.1, -0.05) is 56.9 Å². The molecule has 2 rings (SSSR count). The molecule has 0 unspecified atom stereocenters. The van der Waals surface area contributed by atoms with Crippen LogP contribution >= 0.6 is 0 Å². The molecule has 1 aromatic carbocycles. The van der Waals surface area contributed by atoms with Crippen LogP contribution < -0.4 is 0 Å². The number of carboxylic acids is 1. The van der Waals surface area contributed by atoms with Crippen molar-refractivity contribution in [1.82, 2.24) is 0 Å². The average Bonchev–Trinajstić information content (AvgIpc) is 2.98. The SMILES string of the molecule is CCCc1cc(C[C@@H](O)/C=C/[C@H]2[C@H](O)CC(=O)[C@@H]2CCCCCCC(=O)O)ccc1O. The first-order valence-corrected chi connectivity index (χ1v) is 11.4. The van der Waals surface area contributed by atoms with E-state index in [0.717, 1.165) is 43.2 Å². The van der Waals surface area contributed by atoms with Crippen LogP contribution in [0.1, 0.15) is 69.4 Å². The number of aromatic hydroxyl groups is 1. The van der Waals surface area contributed by atoms with Crippen LogP contribution in [0.4, 0.5) is 0 Å². The number of carbonyl (C=O) groups excluding carboxylic acids is 1. The van der Waals surface area contributed by atoms with Crippen molar-refractivity contribution in [3.63, 3.8) is 0 Å². The lowest BCUT2D eigenvalue weighted by Gasteiger charge is -2.18. The number of aliphatic hydroxyl groups is 2. The number of aliphatic hydroxyl groups excluding tert-OH is 2. The van der Waals surface area contributed by atoms with Gasteiger partial charge in [0.15, 0.2) is 0 Å². The van der Waals surface area contributed by atoms with Crippen LogP contribution in [0, 0.1) is 11.8 Å². The highest BCUT2D eigenvalue weighted by Crippen LogP contribution is 2.34. The van der Waals surface area contributed by atoms with E-state index >= 15 is 0 Å². The summed E-state index contributed by atoms with van der Waals surface area (Å²) in [4.78, 5) is 22.9. The molecule has 0 radical (unpaired) electrons. The monoisotopic (exact) mass is 432 g/mol. The van der Waals surface area contributed by atoms with Crippen LogP contribution in [0.25, 0.3) is 0 Å². The lowest BCUT2D eigenvalue weighted by molar-refractivity contribution is -0.137. The molecule has 1 aromatic rings. The van der Waals surface area contributed by atoms with E-state index in [2.05, 4.69) is 0 Å². The van der Waals surface area contributed by atoms with Gasteiger partial charge >= 0.3 is 5.97 Å². The van der Waals surface area contributed by atoms with Gasteiger partial charge in [-0.15, -0.1) is 0 Å². The molecule has 1 saturated carbocycles.